The van der Waals surface area contributed by atoms with Gasteiger partial charge in [0.05, 0.1) is 11.2 Å². The lowest BCUT2D eigenvalue weighted by atomic mass is 9.95. The average Bonchev–Trinajstić information content (AvgIpc) is 3.06. The number of alkyl halides is 1. The maximum absolute atomic E-state index is 12.6. The van der Waals surface area contributed by atoms with Crippen molar-refractivity contribution >= 4 is 46.6 Å². The van der Waals surface area contributed by atoms with Gasteiger partial charge in [0.2, 0.25) is 11.8 Å². The Hall–Kier alpha value is -1.98. The van der Waals surface area contributed by atoms with Crippen LogP contribution in [0.5, 0.6) is 0 Å². The van der Waals surface area contributed by atoms with Crippen LogP contribution in [-0.2, 0) is 9.59 Å². The van der Waals surface area contributed by atoms with E-state index >= 15 is 0 Å². The minimum atomic E-state index is -0.632. The van der Waals surface area contributed by atoms with Crippen LogP contribution >= 0.6 is 23.4 Å². The van der Waals surface area contributed by atoms with Crippen LogP contribution < -0.4 is 10.2 Å². The van der Waals surface area contributed by atoms with Gasteiger partial charge < -0.3 is 5.32 Å². The number of hydrogen-bond donors (Lipinski definition) is 1. The van der Waals surface area contributed by atoms with Gasteiger partial charge in [-0.1, -0.05) is 24.3 Å². The molecule has 2 aromatic carbocycles. The van der Waals surface area contributed by atoms with Crippen molar-refractivity contribution in [3.8, 4) is 0 Å². The molecule has 0 saturated carbocycles. The highest BCUT2D eigenvalue weighted by Crippen LogP contribution is 2.43. The molecule has 6 heteroatoms. The van der Waals surface area contributed by atoms with Gasteiger partial charge in [0.15, 0.2) is 0 Å². The van der Waals surface area contributed by atoms with Gasteiger partial charge in [-0.25, -0.2) is 0 Å². The predicted octanol–water partition coefficient (Wildman–Crippen LogP) is 5.29. The fraction of sp³-hybridized carbons (Fsp3) is 0.364. The van der Waals surface area contributed by atoms with E-state index in [-0.39, 0.29) is 23.1 Å². The van der Waals surface area contributed by atoms with E-state index < -0.39 is 5.41 Å². The second-order valence-electron chi connectivity index (χ2n) is 7.74. The third-order valence-electron chi connectivity index (χ3n) is 5.11. The Morgan fingerprint density at radius 2 is 1.89 bits per heavy atom. The highest BCUT2D eigenvalue weighted by molar-refractivity contribution is 8.00. The number of hydrogen-bond acceptors (Lipinski definition) is 3. The van der Waals surface area contributed by atoms with Gasteiger partial charge >= 0.3 is 0 Å². The van der Waals surface area contributed by atoms with E-state index in [0.29, 0.717) is 5.75 Å². The third-order valence-corrected chi connectivity index (χ3v) is 6.99. The molecule has 0 unspecified atom stereocenters. The SMILES string of the molecule is Cc1cccc(N2C(=O)CS[C@@H]2c2ccc(NC(=O)C(C)(C)CCl)cc2)c1C. The van der Waals surface area contributed by atoms with Gasteiger partial charge in [-0.2, -0.15) is 0 Å². The van der Waals surface area contributed by atoms with E-state index in [1.807, 2.05) is 55.1 Å². The molecule has 1 aliphatic rings. The number of rotatable bonds is 5. The number of carbonyl (C=O) groups is 2. The van der Waals surface area contributed by atoms with Crippen molar-refractivity contribution in [3.63, 3.8) is 0 Å². The van der Waals surface area contributed by atoms with Crippen LogP contribution in [0.2, 0.25) is 0 Å². The first-order valence-corrected chi connectivity index (χ1v) is 10.8. The normalized spacial score (nSPS) is 17.1. The molecule has 2 amide bonds. The standard InChI is InChI=1S/C22H25ClN2O2S/c1-14-6-5-7-18(15(14)2)25-19(26)12-28-20(25)16-8-10-17(11-9-16)24-21(27)22(3,4)13-23/h5-11,20H,12-13H2,1-4H3,(H,24,27)/t20-/m1/s1. The summed E-state index contributed by atoms with van der Waals surface area (Å²) < 4.78 is 0. The van der Waals surface area contributed by atoms with Crippen LogP contribution in [-0.4, -0.2) is 23.4 Å². The summed E-state index contributed by atoms with van der Waals surface area (Å²) in [7, 11) is 0. The fourth-order valence-electron chi connectivity index (χ4n) is 3.02. The second-order valence-corrected chi connectivity index (χ2v) is 9.08. The van der Waals surface area contributed by atoms with Crippen LogP contribution in [0.25, 0.3) is 0 Å². The molecule has 1 aliphatic heterocycles. The number of halogens is 1. The van der Waals surface area contributed by atoms with E-state index in [9.17, 15) is 9.59 Å². The molecule has 1 N–H and O–H groups in total. The molecule has 1 heterocycles. The molecular weight excluding hydrogens is 392 g/mol. The highest BCUT2D eigenvalue weighted by Gasteiger charge is 2.35. The zero-order valence-electron chi connectivity index (χ0n) is 16.6. The van der Waals surface area contributed by atoms with Gasteiger partial charge in [-0.05, 0) is 62.6 Å². The summed E-state index contributed by atoms with van der Waals surface area (Å²) in [5.41, 5.74) is 4.37. The summed E-state index contributed by atoms with van der Waals surface area (Å²) in [4.78, 5) is 26.8. The molecule has 3 rings (SSSR count). The topological polar surface area (TPSA) is 49.4 Å². The molecule has 0 radical (unpaired) electrons. The molecule has 0 spiro atoms. The molecule has 4 nitrogen and oxygen atoms in total. The Labute approximate surface area is 175 Å². The van der Waals surface area contributed by atoms with Gasteiger partial charge in [-0.3, -0.25) is 14.5 Å². The minimum absolute atomic E-state index is 0.0722. The Balaban J connectivity index is 1.84. The molecule has 0 aromatic heterocycles. The average molecular weight is 417 g/mol. The predicted molar refractivity (Wildman–Crippen MR) is 118 cm³/mol. The molecule has 28 heavy (non-hydrogen) atoms. The lowest BCUT2D eigenvalue weighted by Crippen LogP contribution is -2.32. The number of amides is 2. The summed E-state index contributed by atoms with van der Waals surface area (Å²) >= 11 is 7.50. The summed E-state index contributed by atoms with van der Waals surface area (Å²) in [6.45, 7) is 7.73. The number of thioether (sulfide) groups is 1. The van der Waals surface area contributed by atoms with Crippen molar-refractivity contribution in [1.82, 2.24) is 0 Å². The Morgan fingerprint density at radius 3 is 2.54 bits per heavy atom. The van der Waals surface area contributed by atoms with Crippen molar-refractivity contribution in [2.45, 2.75) is 33.1 Å². The van der Waals surface area contributed by atoms with Crippen LogP contribution in [0.3, 0.4) is 0 Å². The van der Waals surface area contributed by atoms with Crippen molar-refractivity contribution in [3.05, 3.63) is 59.2 Å². The number of carbonyl (C=O) groups excluding carboxylic acids is 2. The Morgan fingerprint density at radius 1 is 1.21 bits per heavy atom. The molecule has 1 saturated heterocycles. The monoisotopic (exact) mass is 416 g/mol. The lowest BCUT2D eigenvalue weighted by molar-refractivity contribution is -0.123. The summed E-state index contributed by atoms with van der Waals surface area (Å²) in [5.74, 6) is 0.714. The number of anilines is 2. The molecule has 148 valence electrons. The lowest BCUT2D eigenvalue weighted by Gasteiger charge is -2.27. The van der Waals surface area contributed by atoms with Crippen LogP contribution in [0, 0.1) is 19.3 Å². The quantitative estimate of drug-likeness (QED) is 0.674. The van der Waals surface area contributed by atoms with E-state index in [2.05, 4.69) is 25.2 Å². The Kier molecular flexibility index (Phi) is 6.06. The first kappa shape index (κ1) is 20.7. The van der Waals surface area contributed by atoms with Gasteiger partial charge in [-0.15, -0.1) is 23.4 Å². The van der Waals surface area contributed by atoms with Gasteiger partial charge in [0.1, 0.15) is 5.37 Å². The van der Waals surface area contributed by atoms with Crippen LogP contribution in [0.4, 0.5) is 11.4 Å². The minimum Gasteiger partial charge on any atom is -0.326 e. The zero-order chi connectivity index (χ0) is 20.5. The molecule has 0 bridgehead atoms. The van der Waals surface area contributed by atoms with E-state index in [1.165, 1.54) is 5.56 Å². The maximum atomic E-state index is 12.6. The van der Waals surface area contributed by atoms with Crippen LogP contribution in [0.15, 0.2) is 42.5 Å². The molecule has 0 aliphatic carbocycles. The van der Waals surface area contributed by atoms with E-state index in [0.717, 1.165) is 22.5 Å². The maximum Gasteiger partial charge on any atom is 0.238 e. The van der Waals surface area contributed by atoms with E-state index in [1.54, 1.807) is 11.8 Å². The zero-order valence-corrected chi connectivity index (χ0v) is 18.2. The summed E-state index contributed by atoms with van der Waals surface area (Å²) in [6, 6.07) is 13.7. The fourth-order valence-corrected chi connectivity index (χ4v) is 4.31. The van der Waals surface area contributed by atoms with Crippen molar-refractivity contribution in [1.29, 1.82) is 0 Å². The molecule has 2 aromatic rings. The van der Waals surface area contributed by atoms with Crippen molar-refractivity contribution in [2.24, 2.45) is 5.41 Å². The second kappa shape index (κ2) is 8.18. The van der Waals surface area contributed by atoms with Crippen molar-refractivity contribution < 1.29 is 9.59 Å². The van der Waals surface area contributed by atoms with E-state index in [4.69, 9.17) is 11.6 Å². The Bertz CT molecular complexity index is 896. The summed E-state index contributed by atoms with van der Waals surface area (Å²) in [5, 5.41) is 2.84. The number of nitrogens with one attached hydrogen (secondary N) is 1. The number of nitrogens with zero attached hydrogens (tertiary/aromatic N) is 1. The van der Waals surface area contributed by atoms with Crippen LogP contribution in [0.1, 0.15) is 35.9 Å². The molecular formula is C22H25ClN2O2S. The molecule has 1 fully saturated rings. The largest absolute Gasteiger partial charge is 0.326 e. The first-order valence-electron chi connectivity index (χ1n) is 9.22. The number of benzene rings is 2. The first-order chi connectivity index (χ1) is 13.2. The highest BCUT2D eigenvalue weighted by atomic mass is 35.5. The molecule has 1 atom stereocenters. The summed E-state index contributed by atoms with van der Waals surface area (Å²) in [6.07, 6.45) is 0. The van der Waals surface area contributed by atoms with Gasteiger partial charge in [0, 0.05) is 17.3 Å². The number of aryl methyl sites for hydroxylation is 1. The van der Waals surface area contributed by atoms with Gasteiger partial charge in [0.25, 0.3) is 0 Å². The van der Waals surface area contributed by atoms with Crippen molar-refractivity contribution in [2.75, 3.05) is 21.8 Å². The third kappa shape index (κ3) is 4.06. The smallest absolute Gasteiger partial charge is 0.238 e.